The number of anilines is 3. The van der Waals surface area contributed by atoms with Gasteiger partial charge in [-0.15, -0.1) is 0 Å². The van der Waals surface area contributed by atoms with E-state index in [-0.39, 0.29) is 41.9 Å². The number of benzene rings is 2. The van der Waals surface area contributed by atoms with Gasteiger partial charge in [0.05, 0.1) is 29.8 Å². The first-order chi connectivity index (χ1) is 18.3. The third-order valence-corrected chi connectivity index (χ3v) is 5.10. The summed E-state index contributed by atoms with van der Waals surface area (Å²) in [6, 6.07) is 19.6. The number of rotatable bonds is 11. The van der Waals surface area contributed by atoms with Crippen molar-refractivity contribution in [3.8, 4) is 0 Å². The van der Waals surface area contributed by atoms with Crippen LogP contribution in [0.4, 0.5) is 32.6 Å². The molecule has 0 saturated heterocycles. The van der Waals surface area contributed by atoms with E-state index in [0.29, 0.717) is 0 Å². The van der Waals surface area contributed by atoms with Crippen LogP contribution < -0.4 is 21.4 Å². The topological polar surface area (TPSA) is 180 Å². The van der Waals surface area contributed by atoms with Crippen LogP contribution in [0.25, 0.3) is 0 Å². The van der Waals surface area contributed by atoms with Crippen LogP contribution in [0, 0.1) is 10.1 Å². The summed E-state index contributed by atoms with van der Waals surface area (Å²) in [5.74, 6) is -0.172. The average molecular weight is 522 g/mol. The molecule has 5 N–H and O–H groups in total. The van der Waals surface area contributed by atoms with Crippen molar-refractivity contribution in [2.75, 3.05) is 29.1 Å². The van der Waals surface area contributed by atoms with E-state index in [1.54, 1.807) is 6.92 Å². The molecule has 0 radical (unpaired) electrons. The Bertz CT molecular complexity index is 1260. The molecular weight excluding hydrogens is 494 g/mol. The Balaban J connectivity index is 2.08. The van der Waals surface area contributed by atoms with Crippen LogP contribution in [-0.2, 0) is 4.74 Å². The quantitative estimate of drug-likeness (QED) is 0.134. The molecule has 13 nitrogen and oxygen atoms in total. The van der Waals surface area contributed by atoms with Gasteiger partial charge in [-0.2, -0.15) is 5.10 Å². The number of nitro groups is 1. The molecule has 0 fully saturated rings. The van der Waals surface area contributed by atoms with E-state index in [1.807, 2.05) is 66.1 Å². The molecule has 0 aliphatic heterocycles. The number of nitrogens with one attached hydrogen (secondary N) is 4. The van der Waals surface area contributed by atoms with Gasteiger partial charge in [-0.1, -0.05) is 60.7 Å². The van der Waals surface area contributed by atoms with Crippen molar-refractivity contribution in [3.05, 3.63) is 88.0 Å². The highest BCUT2D eigenvalue weighted by Gasteiger charge is 2.27. The molecule has 1 heterocycles. The Morgan fingerprint density at radius 3 is 2.24 bits per heavy atom. The number of pyridine rings is 1. The van der Waals surface area contributed by atoms with Crippen LogP contribution in [0.5, 0.6) is 0 Å². The molecule has 1 aromatic heterocycles. The molecule has 0 aliphatic carbocycles. The maximum Gasteiger partial charge on any atom is 0.425 e. The number of hydrogen-bond acceptors (Lipinski definition) is 9. The standard InChI is InChI=1S/C25H27N7O6/c1-3-38-25(35)29-20-14-19(22(32(36)37)23(28-20)26-15-16(2)30-31-24(33)34)27-21(17-10-6-4-7-11-17)18-12-8-5-9-13-18/h4-14,21,31H,3,15H2,1-2H3,(H,33,34)(H3,26,27,28,29,35)/b30-16+. The van der Waals surface area contributed by atoms with E-state index >= 15 is 0 Å². The largest absolute Gasteiger partial charge is 0.464 e. The van der Waals surface area contributed by atoms with Crippen molar-refractivity contribution in [2.45, 2.75) is 19.9 Å². The predicted octanol–water partition coefficient (Wildman–Crippen LogP) is 4.82. The van der Waals surface area contributed by atoms with Gasteiger partial charge in [-0.25, -0.2) is 20.0 Å². The predicted molar refractivity (Wildman–Crippen MR) is 143 cm³/mol. The Hall–Kier alpha value is -5.20. The fourth-order valence-electron chi connectivity index (χ4n) is 3.49. The van der Waals surface area contributed by atoms with Crippen LogP contribution in [-0.4, -0.2) is 46.1 Å². The molecule has 0 aliphatic rings. The van der Waals surface area contributed by atoms with Crippen LogP contribution in [0.15, 0.2) is 71.8 Å². The van der Waals surface area contributed by atoms with Gasteiger partial charge in [-0.05, 0) is 25.0 Å². The van der Waals surface area contributed by atoms with Gasteiger partial charge < -0.3 is 20.5 Å². The average Bonchev–Trinajstić information content (AvgIpc) is 2.90. The summed E-state index contributed by atoms with van der Waals surface area (Å²) in [5, 5.41) is 33.2. The Kier molecular flexibility index (Phi) is 9.52. The molecule has 38 heavy (non-hydrogen) atoms. The lowest BCUT2D eigenvalue weighted by atomic mass is 9.98. The molecule has 3 rings (SSSR count). The molecule has 198 valence electrons. The van der Waals surface area contributed by atoms with Gasteiger partial charge in [0.2, 0.25) is 5.82 Å². The van der Waals surface area contributed by atoms with E-state index in [0.717, 1.165) is 11.1 Å². The van der Waals surface area contributed by atoms with Gasteiger partial charge in [0.25, 0.3) is 0 Å². The lowest BCUT2D eigenvalue weighted by Gasteiger charge is -2.22. The van der Waals surface area contributed by atoms with Gasteiger partial charge in [0.15, 0.2) is 0 Å². The van der Waals surface area contributed by atoms with E-state index in [1.165, 1.54) is 13.0 Å². The normalized spacial score (nSPS) is 11.0. The van der Waals surface area contributed by atoms with Crippen molar-refractivity contribution in [1.82, 2.24) is 10.4 Å². The fourth-order valence-corrected chi connectivity index (χ4v) is 3.49. The Labute approximate surface area is 218 Å². The second-order valence-electron chi connectivity index (χ2n) is 7.87. The molecule has 2 aromatic carbocycles. The molecule has 13 heteroatoms. The number of nitrogens with zero attached hydrogens (tertiary/aromatic N) is 3. The van der Waals surface area contributed by atoms with Gasteiger partial charge in [0.1, 0.15) is 11.5 Å². The van der Waals surface area contributed by atoms with Gasteiger partial charge >= 0.3 is 17.9 Å². The highest BCUT2D eigenvalue weighted by Crippen LogP contribution is 2.37. The molecule has 0 atom stereocenters. The van der Waals surface area contributed by atoms with Crippen molar-refractivity contribution in [2.24, 2.45) is 5.10 Å². The number of hydrogen-bond donors (Lipinski definition) is 5. The number of carboxylic acid groups (broad SMARTS) is 1. The zero-order valence-corrected chi connectivity index (χ0v) is 20.7. The molecule has 0 bridgehead atoms. The van der Waals surface area contributed by atoms with E-state index in [2.05, 4.69) is 26.0 Å². The summed E-state index contributed by atoms with van der Waals surface area (Å²) >= 11 is 0. The second-order valence-corrected chi connectivity index (χ2v) is 7.87. The molecule has 2 amide bonds. The van der Waals surface area contributed by atoms with Crippen molar-refractivity contribution in [3.63, 3.8) is 0 Å². The molecule has 0 spiro atoms. The monoisotopic (exact) mass is 521 g/mol. The smallest absolute Gasteiger partial charge is 0.425 e. The minimum absolute atomic E-state index is 0.00261. The van der Waals surface area contributed by atoms with E-state index < -0.39 is 23.2 Å². The summed E-state index contributed by atoms with van der Waals surface area (Å²) < 4.78 is 4.93. The third kappa shape index (κ3) is 7.65. The van der Waals surface area contributed by atoms with Crippen molar-refractivity contribution >= 4 is 40.9 Å². The van der Waals surface area contributed by atoms with Crippen LogP contribution in [0.1, 0.15) is 31.0 Å². The summed E-state index contributed by atoms with van der Waals surface area (Å²) in [6.45, 7) is 3.21. The van der Waals surface area contributed by atoms with Gasteiger partial charge in [0, 0.05) is 6.07 Å². The second kappa shape index (κ2) is 13.2. The first-order valence-electron chi connectivity index (χ1n) is 11.5. The summed E-state index contributed by atoms with van der Waals surface area (Å²) in [5.41, 5.74) is 3.55. The Morgan fingerprint density at radius 2 is 1.71 bits per heavy atom. The zero-order chi connectivity index (χ0) is 27.5. The van der Waals surface area contributed by atoms with Crippen LogP contribution >= 0.6 is 0 Å². The molecule has 3 aromatic rings. The highest BCUT2D eigenvalue weighted by atomic mass is 16.6. The SMILES string of the molecule is CCOC(=O)Nc1cc(NC(c2ccccc2)c2ccccc2)c([N+](=O)[O-])c(NC/C(C)=N/NC(=O)O)n1. The highest BCUT2D eigenvalue weighted by molar-refractivity contribution is 5.90. The Morgan fingerprint density at radius 1 is 1.11 bits per heavy atom. The number of carbonyl (C=O) groups is 2. The first kappa shape index (κ1) is 27.4. The van der Waals surface area contributed by atoms with Crippen LogP contribution in [0.2, 0.25) is 0 Å². The minimum atomic E-state index is -1.35. The summed E-state index contributed by atoms with van der Waals surface area (Å²) in [7, 11) is 0. The molecule has 0 saturated carbocycles. The minimum Gasteiger partial charge on any atom is -0.464 e. The number of aromatic nitrogens is 1. The van der Waals surface area contributed by atoms with E-state index in [4.69, 9.17) is 9.84 Å². The lowest BCUT2D eigenvalue weighted by molar-refractivity contribution is -0.383. The van der Waals surface area contributed by atoms with Crippen LogP contribution in [0.3, 0.4) is 0 Å². The maximum atomic E-state index is 12.2. The van der Waals surface area contributed by atoms with E-state index in [9.17, 15) is 19.7 Å². The molecular formula is C25H27N7O6. The third-order valence-electron chi connectivity index (χ3n) is 5.10. The number of carbonyl (C=O) groups excluding carboxylic acids is 1. The van der Waals surface area contributed by atoms with Crippen molar-refractivity contribution < 1.29 is 24.4 Å². The fraction of sp³-hybridized carbons (Fsp3) is 0.200. The summed E-state index contributed by atoms with van der Waals surface area (Å²) in [6.07, 6.45) is -2.13. The number of amides is 2. The first-order valence-corrected chi connectivity index (χ1v) is 11.5. The zero-order valence-electron chi connectivity index (χ0n) is 20.7. The summed E-state index contributed by atoms with van der Waals surface area (Å²) in [4.78, 5) is 38.7. The lowest BCUT2D eigenvalue weighted by Crippen LogP contribution is -2.21. The number of ether oxygens (including phenoxy) is 1. The molecule has 0 unspecified atom stereocenters. The van der Waals surface area contributed by atoms with Gasteiger partial charge in [-0.3, -0.25) is 15.4 Å². The number of hydrazone groups is 1. The van der Waals surface area contributed by atoms with Crippen molar-refractivity contribution in [1.29, 1.82) is 0 Å². The maximum absolute atomic E-state index is 12.2.